The molecule has 1 saturated heterocycles. The monoisotopic (exact) mass is 481 g/mol. The highest BCUT2D eigenvalue weighted by Gasteiger charge is 2.51. The summed E-state index contributed by atoms with van der Waals surface area (Å²) in [5.41, 5.74) is -0.00140. The number of hydrogen-bond donors (Lipinski definition) is 1. The predicted molar refractivity (Wildman–Crippen MR) is 138 cm³/mol. The van der Waals surface area contributed by atoms with Crippen molar-refractivity contribution in [3.8, 4) is 0 Å². The van der Waals surface area contributed by atoms with Gasteiger partial charge in [0.25, 0.3) is 0 Å². The zero-order chi connectivity index (χ0) is 24.7. The molecule has 192 valence electrons. The van der Waals surface area contributed by atoms with Gasteiger partial charge in [0.05, 0.1) is 6.10 Å². The number of ketones is 1. The molecule has 1 saturated carbocycles. The Morgan fingerprint density at radius 3 is 2.45 bits per heavy atom. The molecule has 1 heterocycles. The SMILES string of the molecule is CCCCCCC(=O)C[C@@H](O[Si](C)(C)C(C)(C)C)[C@@H]1CCCC[C@]12CC[C@H](COC(C)=O)N2. The van der Waals surface area contributed by atoms with E-state index in [9.17, 15) is 9.59 Å². The Bertz CT molecular complexity index is 645. The van der Waals surface area contributed by atoms with Crippen molar-refractivity contribution in [1.82, 2.24) is 5.32 Å². The fourth-order valence-electron chi connectivity index (χ4n) is 5.52. The number of nitrogens with one attached hydrogen (secondary N) is 1. The second-order valence-electron chi connectivity index (χ2n) is 12.2. The lowest BCUT2D eigenvalue weighted by Gasteiger charge is -2.49. The van der Waals surface area contributed by atoms with Crippen LogP contribution in [0.2, 0.25) is 18.1 Å². The summed E-state index contributed by atoms with van der Waals surface area (Å²) in [6.45, 7) is 15.6. The van der Waals surface area contributed by atoms with Crippen LogP contribution in [0.15, 0.2) is 0 Å². The Kier molecular flexibility index (Phi) is 10.6. The van der Waals surface area contributed by atoms with Crippen LogP contribution in [0.1, 0.15) is 112 Å². The lowest BCUT2D eigenvalue weighted by Crippen LogP contribution is -2.58. The number of carbonyl (C=O) groups is 2. The van der Waals surface area contributed by atoms with Gasteiger partial charge in [-0.1, -0.05) is 59.8 Å². The summed E-state index contributed by atoms with van der Waals surface area (Å²) in [6, 6.07) is 0.202. The molecule has 4 atom stereocenters. The molecule has 2 fully saturated rings. The molecular weight excluding hydrogens is 430 g/mol. The molecular formula is C27H51NO4Si. The highest BCUT2D eigenvalue weighted by molar-refractivity contribution is 6.74. The molecule has 0 amide bonds. The minimum absolute atomic E-state index is 0.00140. The van der Waals surface area contributed by atoms with Gasteiger partial charge in [0, 0.05) is 37.3 Å². The van der Waals surface area contributed by atoms with E-state index in [1.165, 1.54) is 32.6 Å². The molecule has 5 nitrogen and oxygen atoms in total. The van der Waals surface area contributed by atoms with Gasteiger partial charge < -0.3 is 14.5 Å². The van der Waals surface area contributed by atoms with Crippen LogP contribution < -0.4 is 5.32 Å². The second-order valence-corrected chi connectivity index (χ2v) is 16.9. The Balaban J connectivity index is 2.19. The fraction of sp³-hybridized carbons (Fsp3) is 0.926. The maximum atomic E-state index is 13.1. The van der Waals surface area contributed by atoms with Crippen molar-refractivity contribution >= 4 is 20.1 Å². The number of esters is 1. The first-order chi connectivity index (χ1) is 15.4. The van der Waals surface area contributed by atoms with Gasteiger partial charge in [-0.2, -0.15) is 0 Å². The van der Waals surface area contributed by atoms with Gasteiger partial charge in [0.2, 0.25) is 0 Å². The summed E-state index contributed by atoms with van der Waals surface area (Å²) in [5, 5.41) is 4.01. The maximum Gasteiger partial charge on any atom is 0.302 e. The summed E-state index contributed by atoms with van der Waals surface area (Å²) in [4.78, 5) is 24.4. The molecule has 0 bridgehead atoms. The molecule has 0 aromatic heterocycles. The summed E-state index contributed by atoms with van der Waals surface area (Å²) in [7, 11) is -2.03. The van der Waals surface area contributed by atoms with Gasteiger partial charge in [0.15, 0.2) is 8.32 Å². The van der Waals surface area contributed by atoms with E-state index in [4.69, 9.17) is 9.16 Å². The van der Waals surface area contributed by atoms with E-state index in [-0.39, 0.29) is 28.7 Å². The standard InChI is InChI=1S/C27H51NO4Si/c1-8-9-10-11-14-23(30)19-25(32-33(6,7)26(3,4)5)24-15-12-13-17-27(24)18-16-22(28-27)20-31-21(2)29/h22,24-25,28H,8-20H2,1-7H3/t22-,24+,25-,27+/m1/s1. The van der Waals surface area contributed by atoms with E-state index >= 15 is 0 Å². The molecule has 6 heteroatoms. The minimum atomic E-state index is -2.03. The van der Waals surface area contributed by atoms with Crippen molar-refractivity contribution in [1.29, 1.82) is 0 Å². The number of rotatable bonds is 12. The fourth-order valence-corrected chi connectivity index (χ4v) is 6.88. The Morgan fingerprint density at radius 2 is 1.82 bits per heavy atom. The minimum Gasteiger partial charge on any atom is -0.464 e. The Morgan fingerprint density at radius 1 is 1.09 bits per heavy atom. The van der Waals surface area contributed by atoms with Crippen molar-refractivity contribution in [3.05, 3.63) is 0 Å². The van der Waals surface area contributed by atoms with Crippen LogP contribution in [0.5, 0.6) is 0 Å². The highest BCUT2D eigenvalue weighted by Crippen LogP contribution is 2.47. The van der Waals surface area contributed by atoms with Crippen molar-refractivity contribution < 1.29 is 18.8 Å². The Hall–Kier alpha value is -0.723. The summed E-state index contributed by atoms with van der Waals surface area (Å²) in [5.74, 6) is 0.484. The zero-order valence-corrected chi connectivity index (χ0v) is 23.6. The van der Waals surface area contributed by atoms with Crippen LogP contribution >= 0.6 is 0 Å². The van der Waals surface area contributed by atoms with Crippen LogP contribution in [0.25, 0.3) is 0 Å². The molecule has 0 aromatic carbocycles. The molecule has 2 rings (SSSR count). The van der Waals surface area contributed by atoms with E-state index in [2.05, 4.69) is 46.1 Å². The maximum absolute atomic E-state index is 13.1. The van der Waals surface area contributed by atoms with Crippen LogP contribution in [0, 0.1) is 5.92 Å². The van der Waals surface area contributed by atoms with Crippen molar-refractivity contribution in [2.24, 2.45) is 5.92 Å². The van der Waals surface area contributed by atoms with Crippen molar-refractivity contribution in [2.45, 2.75) is 147 Å². The lowest BCUT2D eigenvalue weighted by molar-refractivity contribution is -0.141. The molecule has 0 radical (unpaired) electrons. The first kappa shape index (κ1) is 28.5. The number of Topliss-reactive ketones (excluding diaryl/α,β-unsaturated/α-hetero) is 1. The number of unbranched alkanes of at least 4 members (excludes halogenated alkanes) is 3. The highest BCUT2D eigenvalue weighted by atomic mass is 28.4. The zero-order valence-electron chi connectivity index (χ0n) is 22.6. The average molecular weight is 482 g/mol. The first-order valence-electron chi connectivity index (χ1n) is 13.5. The van der Waals surface area contributed by atoms with E-state index in [1.54, 1.807) is 0 Å². The van der Waals surface area contributed by atoms with Gasteiger partial charge >= 0.3 is 5.97 Å². The third-order valence-corrected chi connectivity index (χ3v) is 13.0. The van der Waals surface area contributed by atoms with Crippen LogP contribution in [-0.2, 0) is 18.8 Å². The average Bonchev–Trinajstić information content (AvgIpc) is 3.11. The van der Waals surface area contributed by atoms with Gasteiger partial charge in [-0.3, -0.25) is 9.59 Å². The third-order valence-electron chi connectivity index (χ3n) is 8.46. The van der Waals surface area contributed by atoms with Crippen molar-refractivity contribution in [2.75, 3.05) is 6.61 Å². The smallest absolute Gasteiger partial charge is 0.302 e. The molecule has 0 aromatic rings. The summed E-state index contributed by atoms with van der Waals surface area (Å²) in [6.07, 6.45) is 12.5. The molecule has 33 heavy (non-hydrogen) atoms. The molecule has 1 aliphatic heterocycles. The summed E-state index contributed by atoms with van der Waals surface area (Å²) >= 11 is 0. The van der Waals surface area contributed by atoms with Crippen LogP contribution in [0.4, 0.5) is 0 Å². The molecule has 1 N–H and O–H groups in total. The molecule has 1 aliphatic carbocycles. The number of ether oxygens (including phenoxy) is 1. The molecule has 1 spiro atoms. The van der Waals surface area contributed by atoms with Gasteiger partial charge in [0.1, 0.15) is 12.4 Å². The van der Waals surface area contributed by atoms with E-state index in [1.807, 2.05) is 0 Å². The van der Waals surface area contributed by atoms with Gasteiger partial charge in [-0.25, -0.2) is 0 Å². The topological polar surface area (TPSA) is 64.6 Å². The van der Waals surface area contributed by atoms with Gasteiger partial charge in [-0.05, 0) is 50.2 Å². The van der Waals surface area contributed by atoms with E-state index in [0.29, 0.717) is 31.1 Å². The number of hydrogen-bond acceptors (Lipinski definition) is 5. The van der Waals surface area contributed by atoms with Gasteiger partial charge in [-0.15, -0.1) is 0 Å². The van der Waals surface area contributed by atoms with E-state index in [0.717, 1.165) is 38.5 Å². The van der Waals surface area contributed by atoms with E-state index < -0.39 is 8.32 Å². The predicted octanol–water partition coefficient (Wildman–Crippen LogP) is 6.55. The normalized spacial score (nSPS) is 27.0. The lowest BCUT2D eigenvalue weighted by atomic mass is 9.68. The summed E-state index contributed by atoms with van der Waals surface area (Å²) < 4.78 is 12.4. The van der Waals surface area contributed by atoms with Crippen molar-refractivity contribution in [3.63, 3.8) is 0 Å². The second kappa shape index (κ2) is 12.3. The third kappa shape index (κ3) is 8.17. The quantitative estimate of drug-likeness (QED) is 0.194. The van der Waals surface area contributed by atoms with Crippen LogP contribution in [-0.4, -0.2) is 44.4 Å². The largest absolute Gasteiger partial charge is 0.464 e. The number of carbonyl (C=O) groups excluding carboxylic acids is 2. The molecule has 0 unspecified atom stereocenters. The first-order valence-corrected chi connectivity index (χ1v) is 16.4. The molecule has 2 aliphatic rings. The Labute approximate surface area is 204 Å². The van der Waals surface area contributed by atoms with Crippen LogP contribution in [0.3, 0.4) is 0 Å².